The minimum atomic E-state index is -0.486. The Balaban J connectivity index is 1.95. The second-order valence-corrected chi connectivity index (χ2v) is 6.50. The van der Waals surface area contributed by atoms with E-state index in [1.165, 1.54) is 0 Å². The Morgan fingerprint density at radius 2 is 2.19 bits per heavy atom. The standard InChI is InChI=1S/C15H23N3O3/c1-15(2,3)21-14(20)18-8-6-11(10-18)9-17-7-4-5-12(16)13(17)19/h4-5,7,11H,6,8-10,16H2,1-3H3. The highest BCUT2D eigenvalue weighted by molar-refractivity contribution is 5.68. The van der Waals surface area contributed by atoms with Gasteiger partial charge in [-0.2, -0.15) is 0 Å². The van der Waals surface area contributed by atoms with Gasteiger partial charge < -0.3 is 19.9 Å². The highest BCUT2D eigenvalue weighted by Crippen LogP contribution is 2.20. The van der Waals surface area contributed by atoms with Gasteiger partial charge in [-0.3, -0.25) is 4.79 Å². The molecule has 0 aliphatic carbocycles. The molecule has 0 saturated carbocycles. The second kappa shape index (κ2) is 5.79. The average molecular weight is 293 g/mol. The van der Waals surface area contributed by atoms with E-state index in [9.17, 15) is 9.59 Å². The van der Waals surface area contributed by atoms with Crippen LogP contribution in [0.5, 0.6) is 0 Å². The number of nitrogens with zero attached hydrogens (tertiary/aromatic N) is 2. The molecule has 6 nitrogen and oxygen atoms in total. The van der Waals surface area contributed by atoms with Gasteiger partial charge in [0.2, 0.25) is 0 Å². The molecule has 2 N–H and O–H groups in total. The number of carbonyl (C=O) groups is 1. The number of nitrogens with two attached hydrogens (primary N) is 1. The van der Waals surface area contributed by atoms with Gasteiger partial charge in [0, 0.05) is 25.8 Å². The number of anilines is 1. The molecular weight excluding hydrogens is 270 g/mol. The molecule has 1 aliphatic rings. The molecule has 6 heteroatoms. The lowest BCUT2D eigenvalue weighted by atomic mass is 10.1. The molecular formula is C15H23N3O3. The summed E-state index contributed by atoms with van der Waals surface area (Å²) in [6.45, 7) is 7.40. The number of rotatable bonds is 2. The van der Waals surface area contributed by atoms with Crippen molar-refractivity contribution in [3.8, 4) is 0 Å². The molecule has 1 amide bonds. The number of ether oxygens (including phenoxy) is 1. The lowest BCUT2D eigenvalue weighted by Gasteiger charge is -2.24. The maximum absolute atomic E-state index is 12.0. The predicted molar refractivity (Wildman–Crippen MR) is 81.0 cm³/mol. The zero-order valence-electron chi connectivity index (χ0n) is 12.8. The van der Waals surface area contributed by atoms with E-state index in [1.54, 1.807) is 27.8 Å². The zero-order chi connectivity index (χ0) is 15.6. The topological polar surface area (TPSA) is 77.6 Å². The number of likely N-dealkylation sites (tertiary alicyclic amines) is 1. The third-order valence-electron chi connectivity index (χ3n) is 3.44. The largest absolute Gasteiger partial charge is 0.444 e. The van der Waals surface area contributed by atoms with E-state index in [4.69, 9.17) is 10.5 Å². The van der Waals surface area contributed by atoms with Gasteiger partial charge in [0.25, 0.3) is 5.56 Å². The summed E-state index contributed by atoms with van der Waals surface area (Å²) in [5.74, 6) is 0.247. The highest BCUT2D eigenvalue weighted by Gasteiger charge is 2.29. The normalized spacial score (nSPS) is 18.8. The molecule has 1 aliphatic heterocycles. The van der Waals surface area contributed by atoms with Gasteiger partial charge in [0.15, 0.2) is 0 Å². The van der Waals surface area contributed by atoms with Crippen molar-refractivity contribution >= 4 is 11.8 Å². The Kier molecular flexibility index (Phi) is 4.25. The number of amides is 1. The minimum absolute atomic E-state index is 0.173. The van der Waals surface area contributed by atoms with Crippen LogP contribution in [0.3, 0.4) is 0 Å². The molecule has 1 atom stereocenters. The van der Waals surface area contributed by atoms with Gasteiger partial charge in [-0.1, -0.05) is 0 Å². The van der Waals surface area contributed by atoms with E-state index in [0.29, 0.717) is 19.6 Å². The van der Waals surface area contributed by atoms with Crippen LogP contribution in [0.25, 0.3) is 0 Å². The fraction of sp³-hybridized carbons (Fsp3) is 0.600. The quantitative estimate of drug-likeness (QED) is 0.900. The third-order valence-corrected chi connectivity index (χ3v) is 3.44. The molecule has 0 radical (unpaired) electrons. The first-order valence-electron chi connectivity index (χ1n) is 7.19. The first-order valence-corrected chi connectivity index (χ1v) is 7.19. The van der Waals surface area contributed by atoms with Crippen molar-refractivity contribution in [2.75, 3.05) is 18.8 Å². The molecule has 2 heterocycles. The number of nitrogen functional groups attached to an aromatic ring is 1. The van der Waals surface area contributed by atoms with Gasteiger partial charge in [-0.05, 0) is 45.2 Å². The first-order chi connectivity index (χ1) is 9.76. The molecule has 2 rings (SSSR count). The van der Waals surface area contributed by atoms with Crippen LogP contribution in [0.15, 0.2) is 23.1 Å². The van der Waals surface area contributed by atoms with Crippen LogP contribution < -0.4 is 11.3 Å². The smallest absolute Gasteiger partial charge is 0.410 e. The number of carbonyl (C=O) groups excluding carboxylic acids is 1. The van der Waals surface area contributed by atoms with Crippen LogP contribution in [0.1, 0.15) is 27.2 Å². The van der Waals surface area contributed by atoms with Gasteiger partial charge in [0.05, 0.1) is 5.69 Å². The zero-order valence-corrected chi connectivity index (χ0v) is 12.8. The molecule has 1 fully saturated rings. The number of pyridine rings is 1. The summed E-state index contributed by atoms with van der Waals surface area (Å²) in [6, 6.07) is 3.36. The summed E-state index contributed by atoms with van der Waals surface area (Å²) in [5.41, 5.74) is 5.21. The molecule has 1 unspecified atom stereocenters. The Morgan fingerprint density at radius 1 is 1.48 bits per heavy atom. The maximum Gasteiger partial charge on any atom is 0.410 e. The van der Waals surface area contributed by atoms with Crippen LogP contribution in [0, 0.1) is 5.92 Å². The summed E-state index contributed by atoms with van der Waals surface area (Å²) < 4.78 is 6.97. The van der Waals surface area contributed by atoms with Crippen LogP contribution >= 0.6 is 0 Å². The molecule has 0 spiro atoms. The predicted octanol–water partition coefficient (Wildman–Crippen LogP) is 1.69. The van der Waals surface area contributed by atoms with Gasteiger partial charge in [-0.15, -0.1) is 0 Å². The van der Waals surface area contributed by atoms with Gasteiger partial charge in [0.1, 0.15) is 5.60 Å². The Hall–Kier alpha value is -1.98. The van der Waals surface area contributed by atoms with Crippen LogP contribution in [-0.2, 0) is 11.3 Å². The van der Waals surface area contributed by atoms with Crippen molar-refractivity contribution in [1.29, 1.82) is 0 Å². The number of aromatic nitrogens is 1. The van der Waals surface area contributed by atoms with Crippen molar-refractivity contribution < 1.29 is 9.53 Å². The van der Waals surface area contributed by atoms with Crippen molar-refractivity contribution in [2.45, 2.75) is 39.3 Å². The molecule has 21 heavy (non-hydrogen) atoms. The fourth-order valence-corrected chi connectivity index (χ4v) is 2.45. The molecule has 1 saturated heterocycles. The number of hydrogen-bond acceptors (Lipinski definition) is 4. The highest BCUT2D eigenvalue weighted by atomic mass is 16.6. The number of hydrogen-bond donors (Lipinski definition) is 1. The van der Waals surface area contributed by atoms with E-state index in [1.807, 2.05) is 20.8 Å². The van der Waals surface area contributed by atoms with Crippen LogP contribution in [0.4, 0.5) is 10.5 Å². The van der Waals surface area contributed by atoms with E-state index in [-0.39, 0.29) is 23.3 Å². The van der Waals surface area contributed by atoms with E-state index in [2.05, 4.69) is 0 Å². The van der Waals surface area contributed by atoms with E-state index >= 15 is 0 Å². The summed E-state index contributed by atoms with van der Waals surface area (Å²) in [5, 5.41) is 0. The molecule has 1 aromatic rings. The van der Waals surface area contributed by atoms with Gasteiger partial charge >= 0.3 is 6.09 Å². The van der Waals surface area contributed by atoms with Crippen molar-refractivity contribution in [3.05, 3.63) is 28.7 Å². The lowest BCUT2D eigenvalue weighted by molar-refractivity contribution is 0.0287. The average Bonchev–Trinajstić information content (AvgIpc) is 2.82. The molecule has 0 aromatic carbocycles. The minimum Gasteiger partial charge on any atom is -0.444 e. The van der Waals surface area contributed by atoms with E-state index < -0.39 is 5.60 Å². The summed E-state index contributed by atoms with van der Waals surface area (Å²) >= 11 is 0. The Bertz CT molecular complexity index is 574. The molecule has 1 aromatic heterocycles. The van der Waals surface area contributed by atoms with Crippen molar-refractivity contribution in [1.82, 2.24) is 9.47 Å². The van der Waals surface area contributed by atoms with Crippen LogP contribution in [-0.4, -0.2) is 34.3 Å². The third kappa shape index (κ3) is 4.00. The SMILES string of the molecule is CC(C)(C)OC(=O)N1CCC(Cn2cccc(N)c2=O)C1. The lowest BCUT2D eigenvalue weighted by Crippen LogP contribution is -2.35. The fourth-order valence-electron chi connectivity index (χ4n) is 2.45. The van der Waals surface area contributed by atoms with E-state index in [0.717, 1.165) is 6.42 Å². The summed E-state index contributed by atoms with van der Waals surface area (Å²) in [6.07, 6.45) is 2.31. The summed E-state index contributed by atoms with van der Waals surface area (Å²) in [7, 11) is 0. The van der Waals surface area contributed by atoms with Crippen molar-refractivity contribution in [2.24, 2.45) is 5.92 Å². The van der Waals surface area contributed by atoms with Crippen molar-refractivity contribution in [3.63, 3.8) is 0 Å². The summed E-state index contributed by atoms with van der Waals surface area (Å²) in [4.78, 5) is 25.6. The maximum atomic E-state index is 12.0. The molecule has 116 valence electrons. The van der Waals surface area contributed by atoms with Crippen LogP contribution in [0.2, 0.25) is 0 Å². The first kappa shape index (κ1) is 15.4. The Morgan fingerprint density at radius 3 is 2.86 bits per heavy atom. The Labute approximate surface area is 124 Å². The monoisotopic (exact) mass is 293 g/mol. The van der Waals surface area contributed by atoms with Gasteiger partial charge in [-0.25, -0.2) is 4.79 Å². The second-order valence-electron chi connectivity index (χ2n) is 6.50. The molecule has 0 bridgehead atoms.